The predicted octanol–water partition coefficient (Wildman–Crippen LogP) is 4.93. The monoisotopic (exact) mass is 299 g/mol. The summed E-state index contributed by atoms with van der Waals surface area (Å²) in [4.78, 5) is 18.6. The van der Waals surface area contributed by atoms with Gasteiger partial charge in [-0.15, -0.1) is 4.99 Å². The van der Waals surface area contributed by atoms with Crippen molar-refractivity contribution in [1.29, 1.82) is 5.41 Å². The Kier molecular flexibility index (Phi) is 6.53. The second kappa shape index (κ2) is 8.15. The fourth-order valence-corrected chi connectivity index (χ4v) is 2.27. The summed E-state index contributed by atoms with van der Waals surface area (Å²) in [5.41, 5.74) is 0.941. The van der Waals surface area contributed by atoms with Crippen LogP contribution in [0.2, 0.25) is 0 Å². The summed E-state index contributed by atoms with van der Waals surface area (Å²) in [6.07, 6.45) is 3.13. The number of pyridine rings is 1. The Labute approximate surface area is 128 Å². The van der Waals surface area contributed by atoms with E-state index in [0.29, 0.717) is 10.9 Å². The molecule has 21 heavy (non-hydrogen) atoms. The third-order valence-electron chi connectivity index (χ3n) is 2.47. The van der Waals surface area contributed by atoms with E-state index in [1.807, 2.05) is 32.0 Å². The predicted molar refractivity (Wildman–Crippen MR) is 90.9 cm³/mol. The van der Waals surface area contributed by atoms with E-state index < -0.39 is 0 Å². The second-order valence-corrected chi connectivity index (χ2v) is 5.20. The van der Waals surface area contributed by atoms with Gasteiger partial charge in [0.25, 0.3) is 0 Å². The first kappa shape index (κ1) is 16.8. The SMILES string of the molecule is C=C(SC(C)=N)c1ccc2cnc(N=C=O)cc2c1.CC. The third-order valence-corrected chi connectivity index (χ3v) is 3.25. The van der Waals surface area contributed by atoms with Crippen molar-refractivity contribution in [2.45, 2.75) is 20.8 Å². The fourth-order valence-electron chi connectivity index (χ4n) is 1.65. The maximum absolute atomic E-state index is 10.2. The topological polar surface area (TPSA) is 66.2 Å². The van der Waals surface area contributed by atoms with Gasteiger partial charge >= 0.3 is 0 Å². The Hall–Kier alpha value is -2.23. The van der Waals surface area contributed by atoms with Crippen molar-refractivity contribution in [2.75, 3.05) is 0 Å². The van der Waals surface area contributed by atoms with Crippen LogP contribution in [0.3, 0.4) is 0 Å². The molecule has 0 aliphatic rings. The standard InChI is InChI=1S/C14H11N3OS.C2H6/c1-9(19-10(2)15)11-3-4-12-7-16-14(17-8-18)6-13(12)5-11;1-2/h3-7,15H,1H2,2H3;1-2H3. The lowest BCUT2D eigenvalue weighted by Gasteiger charge is -2.06. The number of aromatic nitrogens is 1. The van der Waals surface area contributed by atoms with Crippen LogP contribution in [-0.2, 0) is 4.79 Å². The molecule has 0 aliphatic heterocycles. The van der Waals surface area contributed by atoms with Crippen LogP contribution in [0.15, 0.2) is 42.0 Å². The first-order chi connectivity index (χ1) is 10.1. The van der Waals surface area contributed by atoms with Crippen LogP contribution in [0.25, 0.3) is 15.7 Å². The number of thioether (sulfide) groups is 1. The van der Waals surface area contributed by atoms with Gasteiger partial charge in [-0.1, -0.05) is 44.3 Å². The zero-order chi connectivity index (χ0) is 15.8. The smallest absolute Gasteiger partial charge is 0.242 e. The van der Waals surface area contributed by atoms with Crippen LogP contribution in [0, 0.1) is 5.41 Å². The lowest BCUT2D eigenvalue weighted by Crippen LogP contribution is -1.85. The molecule has 0 saturated heterocycles. The quantitative estimate of drug-likeness (QED) is 0.496. The summed E-state index contributed by atoms with van der Waals surface area (Å²) in [5.74, 6) is 0.334. The van der Waals surface area contributed by atoms with E-state index in [9.17, 15) is 4.79 Å². The average molecular weight is 299 g/mol. The molecule has 0 spiro atoms. The molecule has 0 fully saturated rings. The lowest BCUT2D eigenvalue weighted by molar-refractivity contribution is 0.565. The number of hydrogen-bond donors (Lipinski definition) is 1. The summed E-state index contributed by atoms with van der Waals surface area (Å²) in [6.45, 7) is 9.67. The zero-order valence-electron chi connectivity index (χ0n) is 12.3. The molecule has 1 N–H and O–H groups in total. The second-order valence-electron chi connectivity index (χ2n) is 3.89. The molecule has 2 aromatic rings. The van der Waals surface area contributed by atoms with Gasteiger partial charge in [0.1, 0.15) is 0 Å². The first-order valence-electron chi connectivity index (χ1n) is 6.50. The molecule has 0 aliphatic carbocycles. The van der Waals surface area contributed by atoms with Crippen LogP contribution in [0.1, 0.15) is 26.3 Å². The lowest BCUT2D eigenvalue weighted by atomic mass is 10.1. The molecule has 5 heteroatoms. The molecule has 0 radical (unpaired) electrons. The molecular formula is C16H17N3OS. The number of nitrogens with one attached hydrogen (secondary N) is 1. The molecular weight excluding hydrogens is 282 g/mol. The van der Waals surface area contributed by atoms with Crippen LogP contribution >= 0.6 is 11.8 Å². The molecule has 1 aromatic heterocycles. The minimum Gasteiger partial charge on any atom is -0.298 e. The summed E-state index contributed by atoms with van der Waals surface area (Å²) in [5, 5.41) is 9.83. The van der Waals surface area contributed by atoms with Crippen molar-refractivity contribution in [3.8, 4) is 0 Å². The van der Waals surface area contributed by atoms with Gasteiger partial charge in [0.2, 0.25) is 6.08 Å². The van der Waals surface area contributed by atoms with E-state index in [2.05, 4.69) is 16.6 Å². The molecule has 2 rings (SSSR count). The van der Waals surface area contributed by atoms with E-state index in [-0.39, 0.29) is 0 Å². The first-order valence-corrected chi connectivity index (χ1v) is 7.32. The molecule has 108 valence electrons. The molecule has 1 aromatic carbocycles. The summed E-state index contributed by atoms with van der Waals surface area (Å²) in [7, 11) is 0. The Balaban J connectivity index is 0.00000106. The van der Waals surface area contributed by atoms with E-state index in [1.54, 1.807) is 19.2 Å². The van der Waals surface area contributed by atoms with Crippen LogP contribution < -0.4 is 0 Å². The highest BCUT2D eigenvalue weighted by atomic mass is 32.2. The van der Waals surface area contributed by atoms with Gasteiger partial charge in [-0.3, -0.25) is 5.41 Å². The van der Waals surface area contributed by atoms with Crippen molar-refractivity contribution in [1.82, 2.24) is 4.98 Å². The maximum atomic E-state index is 10.2. The number of aliphatic imine (C=N–C) groups is 1. The number of nitrogens with zero attached hydrogens (tertiary/aromatic N) is 2. The minimum absolute atomic E-state index is 0.334. The number of hydrogen-bond acceptors (Lipinski definition) is 5. The molecule has 0 atom stereocenters. The Morgan fingerprint density at radius 2 is 2.05 bits per heavy atom. The van der Waals surface area contributed by atoms with Crippen molar-refractivity contribution < 1.29 is 4.79 Å². The van der Waals surface area contributed by atoms with Crippen LogP contribution in [-0.4, -0.2) is 16.1 Å². The van der Waals surface area contributed by atoms with Crippen molar-refractivity contribution >= 4 is 44.4 Å². The minimum atomic E-state index is 0.334. The number of isocyanates is 1. The zero-order valence-corrected chi connectivity index (χ0v) is 13.1. The molecule has 4 nitrogen and oxygen atoms in total. The molecule has 0 amide bonds. The number of benzene rings is 1. The van der Waals surface area contributed by atoms with Crippen molar-refractivity contribution in [3.63, 3.8) is 0 Å². The Morgan fingerprint density at radius 1 is 1.33 bits per heavy atom. The average Bonchev–Trinajstić information content (AvgIpc) is 2.48. The molecule has 1 heterocycles. The Bertz CT molecular complexity index is 719. The fraction of sp³-hybridized carbons (Fsp3) is 0.188. The van der Waals surface area contributed by atoms with Gasteiger partial charge in [-0.05, 0) is 30.0 Å². The summed E-state index contributed by atoms with van der Waals surface area (Å²) in [6, 6.07) is 7.53. The van der Waals surface area contributed by atoms with E-state index in [0.717, 1.165) is 21.2 Å². The van der Waals surface area contributed by atoms with Crippen molar-refractivity contribution in [2.24, 2.45) is 4.99 Å². The van der Waals surface area contributed by atoms with Crippen LogP contribution in [0.5, 0.6) is 0 Å². The highest BCUT2D eigenvalue weighted by Crippen LogP contribution is 2.29. The molecule has 0 saturated carbocycles. The molecule has 0 unspecified atom stereocenters. The van der Waals surface area contributed by atoms with Gasteiger partial charge < -0.3 is 0 Å². The van der Waals surface area contributed by atoms with Gasteiger partial charge in [0.15, 0.2) is 5.82 Å². The number of carbonyl (C=O) groups excluding carboxylic acids is 1. The molecule has 0 bridgehead atoms. The Morgan fingerprint density at radius 3 is 2.67 bits per heavy atom. The summed E-state index contributed by atoms with van der Waals surface area (Å²) < 4.78 is 0. The van der Waals surface area contributed by atoms with E-state index in [1.165, 1.54) is 17.8 Å². The van der Waals surface area contributed by atoms with Gasteiger partial charge in [0, 0.05) is 16.5 Å². The normalized spacial score (nSPS) is 9.29. The number of fused-ring (bicyclic) bond motifs is 1. The third kappa shape index (κ3) is 4.67. The highest BCUT2D eigenvalue weighted by Gasteiger charge is 2.04. The van der Waals surface area contributed by atoms with E-state index in [4.69, 9.17) is 5.41 Å². The van der Waals surface area contributed by atoms with Gasteiger partial charge in [-0.2, -0.15) is 0 Å². The maximum Gasteiger partial charge on any atom is 0.242 e. The summed E-state index contributed by atoms with van der Waals surface area (Å²) >= 11 is 1.32. The van der Waals surface area contributed by atoms with Crippen molar-refractivity contribution in [3.05, 3.63) is 42.6 Å². The van der Waals surface area contributed by atoms with Gasteiger partial charge in [0.05, 0.1) is 5.04 Å². The largest absolute Gasteiger partial charge is 0.298 e. The van der Waals surface area contributed by atoms with Gasteiger partial charge in [-0.25, -0.2) is 9.78 Å². The van der Waals surface area contributed by atoms with Crippen LogP contribution in [0.4, 0.5) is 5.82 Å². The number of rotatable bonds is 3. The highest BCUT2D eigenvalue weighted by molar-refractivity contribution is 8.21. The van der Waals surface area contributed by atoms with E-state index >= 15 is 0 Å².